The van der Waals surface area contributed by atoms with Gasteiger partial charge in [0.25, 0.3) is 0 Å². The van der Waals surface area contributed by atoms with E-state index < -0.39 is 0 Å². The number of likely N-dealkylation sites (tertiary alicyclic amines) is 1. The van der Waals surface area contributed by atoms with Crippen LogP contribution in [0.5, 0.6) is 0 Å². The number of rotatable bonds is 4. The summed E-state index contributed by atoms with van der Waals surface area (Å²) in [6.07, 6.45) is 8.40. The molecule has 2 amide bonds. The zero-order chi connectivity index (χ0) is 20.9. The molecule has 2 heterocycles. The van der Waals surface area contributed by atoms with Gasteiger partial charge < -0.3 is 19.9 Å². The van der Waals surface area contributed by atoms with Crippen molar-refractivity contribution in [3.8, 4) is 0 Å². The van der Waals surface area contributed by atoms with E-state index in [9.17, 15) is 14.0 Å². The molecule has 30 heavy (non-hydrogen) atoms. The van der Waals surface area contributed by atoms with Crippen LogP contribution in [0.2, 0.25) is 0 Å². The molecule has 1 aromatic rings. The van der Waals surface area contributed by atoms with Crippen molar-refractivity contribution in [2.45, 2.75) is 63.9 Å². The largest absolute Gasteiger partial charge is 0.444 e. The van der Waals surface area contributed by atoms with Gasteiger partial charge in [-0.2, -0.15) is 0 Å². The average Bonchev–Trinajstić information content (AvgIpc) is 3.30. The Morgan fingerprint density at radius 1 is 0.967 bits per heavy atom. The van der Waals surface area contributed by atoms with E-state index in [0.717, 1.165) is 77.4 Å². The molecular formula is C23H32FN3O3. The predicted octanol–water partition coefficient (Wildman–Crippen LogP) is 4.55. The smallest absolute Gasteiger partial charge is 0.410 e. The van der Waals surface area contributed by atoms with E-state index in [1.165, 1.54) is 6.07 Å². The highest BCUT2D eigenvalue weighted by Crippen LogP contribution is 2.29. The summed E-state index contributed by atoms with van der Waals surface area (Å²) in [6, 6.07) is 4.87. The van der Waals surface area contributed by atoms with E-state index in [1.807, 2.05) is 4.90 Å². The molecule has 1 unspecified atom stereocenters. The second-order valence-corrected chi connectivity index (χ2v) is 8.78. The number of benzene rings is 1. The Kier molecular flexibility index (Phi) is 6.75. The number of ether oxygens (including phenoxy) is 1. The van der Waals surface area contributed by atoms with E-state index >= 15 is 0 Å². The van der Waals surface area contributed by atoms with Crippen LogP contribution >= 0.6 is 0 Å². The Hall–Kier alpha value is -2.31. The van der Waals surface area contributed by atoms with Crippen molar-refractivity contribution in [2.24, 2.45) is 5.92 Å². The van der Waals surface area contributed by atoms with Crippen LogP contribution in [0.4, 0.5) is 20.6 Å². The normalized spacial score (nSPS) is 22.8. The molecule has 3 aliphatic rings. The Balaban J connectivity index is 1.34. The number of piperidine rings is 2. The molecule has 1 saturated carbocycles. The molecule has 1 N–H and O–H groups in total. The van der Waals surface area contributed by atoms with Gasteiger partial charge in [0.1, 0.15) is 11.9 Å². The van der Waals surface area contributed by atoms with Crippen molar-refractivity contribution in [3.63, 3.8) is 0 Å². The molecule has 2 saturated heterocycles. The predicted molar refractivity (Wildman–Crippen MR) is 114 cm³/mol. The molecule has 7 heteroatoms. The van der Waals surface area contributed by atoms with Crippen LogP contribution in [0.15, 0.2) is 18.2 Å². The summed E-state index contributed by atoms with van der Waals surface area (Å²) in [4.78, 5) is 28.4. The first-order valence-corrected chi connectivity index (χ1v) is 11.4. The maximum absolute atomic E-state index is 14.8. The number of amides is 2. The van der Waals surface area contributed by atoms with Gasteiger partial charge in [-0.25, -0.2) is 9.18 Å². The Labute approximate surface area is 177 Å². The van der Waals surface area contributed by atoms with Crippen LogP contribution in [-0.2, 0) is 9.53 Å². The number of carbonyl (C=O) groups is 2. The van der Waals surface area contributed by atoms with Crippen LogP contribution in [0, 0.1) is 11.7 Å². The molecule has 0 spiro atoms. The molecule has 0 radical (unpaired) electrons. The van der Waals surface area contributed by atoms with Crippen LogP contribution in [0.25, 0.3) is 0 Å². The Bertz CT molecular complexity index is 760. The number of carbonyl (C=O) groups excluding carboxylic acids is 2. The topological polar surface area (TPSA) is 61.9 Å². The van der Waals surface area contributed by atoms with Crippen molar-refractivity contribution >= 4 is 23.4 Å². The highest BCUT2D eigenvalue weighted by atomic mass is 19.1. The molecule has 4 rings (SSSR count). The lowest BCUT2D eigenvalue weighted by Gasteiger charge is -2.35. The number of hydrogen-bond acceptors (Lipinski definition) is 4. The first-order chi connectivity index (χ1) is 14.6. The minimum Gasteiger partial charge on any atom is -0.444 e. The number of anilines is 2. The Morgan fingerprint density at radius 3 is 2.47 bits per heavy atom. The van der Waals surface area contributed by atoms with E-state index in [2.05, 4.69) is 5.32 Å². The van der Waals surface area contributed by atoms with Gasteiger partial charge >= 0.3 is 6.09 Å². The van der Waals surface area contributed by atoms with Crippen LogP contribution in [0.3, 0.4) is 0 Å². The average molecular weight is 418 g/mol. The maximum atomic E-state index is 14.8. The van der Waals surface area contributed by atoms with Crippen molar-refractivity contribution < 1.29 is 18.7 Å². The van der Waals surface area contributed by atoms with Gasteiger partial charge in [-0.05, 0) is 63.1 Å². The van der Waals surface area contributed by atoms with Gasteiger partial charge in [-0.1, -0.05) is 12.8 Å². The van der Waals surface area contributed by atoms with E-state index in [4.69, 9.17) is 4.74 Å². The zero-order valence-corrected chi connectivity index (χ0v) is 17.6. The van der Waals surface area contributed by atoms with E-state index in [0.29, 0.717) is 17.9 Å². The van der Waals surface area contributed by atoms with Gasteiger partial charge in [0.15, 0.2) is 0 Å². The van der Waals surface area contributed by atoms with Crippen molar-refractivity contribution in [1.29, 1.82) is 0 Å². The minimum atomic E-state index is -0.359. The van der Waals surface area contributed by atoms with Gasteiger partial charge in [0.2, 0.25) is 5.91 Å². The highest BCUT2D eigenvalue weighted by molar-refractivity contribution is 5.92. The molecule has 1 aromatic carbocycles. The number of hydrogen-bond donors (Lipinski definition) is 1. The molecule has 0 aromatic heterocycles. The standard InChI is InChI=1S/C23H32FN3O3/c24-20-15-18(25-22(28)17-7-2-3-8-17)10-11-21(20)27-14-6-9-19(16-27)30-23(29)26-12-4-1-5-13-26/h10-11,15,17,19H,1-9,12-14,16H2,(H,25,28). The second-order valence-electron chi connectivity index (χ2n) is 8.78. The quantitative estimate of drug-likeness (QED) is 0.781. The summed E-state index contributed by atoms with van der Waals surface area (Å²) < 4.78 is 20.6. The van der Waals surface area contributed by atoms with Crippen LogP contribution in [0.1, 0.15) is 57.8 Å². The summed E-state index contributed by atoms with van der Waals surface area (Å²) >= 11 is 0. The summed E-state index contributed by atoms with van der Waals surface area (Å²) in [5.74, 6) is -0.324. The first kappa shape index (κ1) is 20.9. The fraction of sp³-hybridized carbons (Fsp3) is 0.652. The molecule has 1 atom stereocenters. The number of nitrogens with zero attached hydrogens (tertiary/aromatic N) is 2. The van der Waals surface area contributed by atoms with Gasteiger partial charge in [-0.3, -0.25) is 4.79 Å². The third kappa shape index (κ3) is 5.05. The fourth-order valence-corrected chi connectivity index (χ4v) is 4.82. The van der Waals surface area contributed by atoms with Crippen LogP contribution in [-0.4, -0.2) is 49.2 Å². The number of nitrogens with one attached hydrogen (secondary N) is 1. The second kappa shape index (κ2) is 9.67. The SMILES string of the molecule is O=C(Nc1ccc(N2CCCC(OC(=O)N3CCCCC3)C2)c(F)c1)C1CCCC1. The summed E-state index contributed by atoms with van der Waals surface area (Å²) in [5.41, 5.74) is 0.992. The highest BCUT2D eigenvalue weighted by Gasteiger charge is 2.28. The summed E-state index contributed by atoms with van der Waals surface area (Å²) in [6.45, 7) is 2.74. The third-order valence-electron chi connectivity index (χ3n) is 6.54. The molecule has 1 aliphatic carbocycles. The molecule has 0 bridgehead atoms. The van der Waals surface area contributed by atoms with Crippen molar-refractivity contribution in [3.05, 3.63) is 24.0 Å². The fourth-order valence-electron chi connectivity index (χ4n) is 4.82. The van der Waals surface area contributed by atoms with Gasteiger partial charge in [-0.15, -0.1) is 0 Å². The van der Waals surface area contributed by atoms with E-state index in [-0.39, 0.29) is 29.8 Å². The summed E-state index contributed by atoms with van der Waals surface area (Å²) in [7, 11) is 0. The third-order valence-corrected chi connectivity index (χ3v) is 6.54. The molecule has 3 fully saturated rings. The lowest BCUT2D eigenvalue weighted by atomic mass is 10.1. The van der Waals surface area contributed by atoms with Gasteiger partial charge in [0.05, 0.1) is 12.2 Å². The first-order valence-electron chi connectivity index (χ1n) is 11.4. The Morgan fingerprint density at radius 2 is 1.73 bits per heavy atom. The van der Waals surface area contributed by atoms with Crippen LogP contribution < -0.4 is 10.2 Å². The van der Waals surface area contributed by atoms with Gasteiger partial charge in [0, 0.05) is 31.2 Å². The monoisotopic (exact) mass is 417 g/mol. The lowest BCUT2D eigenvalue weighted by molar-refractivity contribution is -0.119. The minimum absolute atomic E-state index is 0.0117. The number of halogens is 1. The lowest BCUT2D eigenvalue weighted by Crippen LogP contribution is -2.44. The molecular weight excluding hydrogens is 385 g/mol. The molecule has 6 nitrogen and oxygen atoms in total. The summed E-state index contributed by atoms with van der Waals surface area (Å²) in [5, 5.41) is 2.85. The zero-order valence-electron chi connectivity index (χ0n) is 17.6. The molecule has 164 valence electrons. The van der Waals surface area contributed by atoms with E-state index in [1.54, 1.807) is 17.0 Å². The molecule has 2 aliphatic heterocycles. The van der Waals surface area contributed by atoms with Crippen molar-refractivity contribution in [2.75, 3.05) is 36.4 Å². The maximum Gasteiger partial charge on any atom is 0.410 e. The van der Waals surface area contributed by atoms with Crippen molar-refractivity contribution in [1.82, 2.24) is 4.90 Å².